The Morgan fingerprint density at radius 3 is 2.36 bits per heavy atom. The van der Waals surface area contributed by atoms with Crippen molar-refractivity contribution in [2.45, 2.75) is 26.9 Å². The molecular weight excluding hydrogens is 276 g/mol. The molecule has 1 atom stereocenters. The van der Waals surface area contributed by atoms with Crippen LogP contribution in [-0.4, -0.2) is 23.6 Å². The quantitative estimate of drug-likeness (QED) is 0.814. The summed E-state index contributed by atoms with van der Waals surface area (Å²) in [7, 11) is 0. The van der Waals surface area contributed by atoms with E-state index in [1.54, 1.807) is 11.1 Å². The highest BCUT2D eigenvalue weighted by atomic mass is 16.5. The average molecular weight is 298 g/mol. The minimum Gasteiger partial charge on any atom is -0.378 e. The zero-order chi connectivity index (χ0) is 15.9. The molecule has 0 saturated carbocycles. The molecule has 1 unspecified atom stereocenters. The maximum Gasteiger partial charge on any atom is 0.237 e. The summed E-state index contributed by atoms with van der Waals surface area (Å²) in [6.45, 7) is 6.20. The van der Waals surface area contributed by atoms with Crippen LogP contribution in [0.25, 0.3) is 0 Å². The van der Waals surface area contributed by atoms with Crippen LogP contribution < -0.4 is 4.90 Å². The number of aromatic nitrogens is 1. The highest BCUT2D eigenvalue weighted by molar-refractivity contribution is 6.00. The first kappa shape index (κ1) is 16.2. The summed E-state index contributed by atoms with van der Waals surface area (Å²) in [5.41, 5.74) is 0.808. The van der Waals surface area contributed by atoms with Gasteiger partial charge in [0.25, 0.3) is 0 Å². The number of nitrogens with zero attached hydrogens (tertiary/aromatic N) is 2. The van der Waals surface area contributed by atoms with Crippen LogP contribution in [0.2, 0.25) is 0 Å². The number of rotatable bonds is 6. The van der Waals surface area contributed by atoms with Gasteiger partial charge in [-0.05, 0) is 38.1 Å². The van der Waals surface area contributed by atoms with E-state index in [0.29, 0.717) is 12.4 Å². The summed E-state index contributed by atoms with van der Waals surface area (Å²) in [6.07, 6.45) is 1.80. The number of para-hydroxylation sites is 1. The van der Waals surface area contributed by atoms with Crippen LogP contribution in [-0.2, 0) is 9.53 Å². The molecule has 4 nitrogen and oxygen atoms in total. The minimum atomic E-state index is -0.246. The summed E-state index contributed by atoms with van der Waals surface area (Å²) >= 11 is 0. The van der Waals surface area contributed by atoms with Crippen LogP contribution in [0.1, 0.15) is 20.8 Å². The molecule has 0 radical (unpaired) electrons. The lowest BCUT2D eigenvalue weighted by Gasteiger charge is -2.25. The standard InChI is InChI=1S/C18H22N2O2/c1-14(2)22-13-15(3)18(21)20(16-9-5-4-6-10-16)17-11-7-8-12-19-17/h4-12,14-15H,13H2,1-3H3. The normalized spacial score (nSPS) is 12.2. The van der Waals surface area contributed by atoms with Crippen molar-refractivity contribution in [2.24, 2.45) is 5.92 Å². The number of carbonyl (C=O) groups excluding carboxylic acids is 1. The highest BCUT2D eigenvalue weighted by Crippen LogP contribution is 2.25. The first-order chi connectivity index (χ1) is 10.6. The predicted octanol–water partition coefficient (Wildman–Crippen LogP) is 3.81. The maximum absolute atomic E-state index is 12.9. The van der Waals surface area contributed by atoms with E-state index in [9.17, 15) is 4.79 Å². The van der Waals surface area contributed by atoms with Crippen LogP contribution in [0.5, 0.6) is 0 Å². The van der Waals surface area contributed by atoms with Crippen LogP contribution >= 0.6 is 0 Å². The molecule has 0 bridgehead atoms. The van der Waals surface area contributed by atoms with Crippen molar-refractivity contribution >= 4 is 17.4 Å². The SMILES string of the molecule is CC(C)OCC(C)C(=O)N(c1ccccc1)c1ccccn1. The Hall–Kier alpha value is -2.20. The van der Waals surface area contributed by atoms with E-state index in [1.807, 2.05) is 69.3 Å². The van der Waals surface area contributed by atoms with Gasteiger partial charge in [-0.3, -0.25) is 9.69 Å². The number of amides is 1. The molecule has 0 aliphatic heterocycles. The van der Waals surface area contributed by atoms with Gasteiger partial charge in [0, 0.05) is 6.20 Å². The third-order valence-electron chi connectivity index (χ3n) is 3.21. The molecule has 116 valence electrons. The van der Waals surface area contributed by atoms with Gasteiger partial charge in [-0.15, -0.1) is 0 Å². The third kappa shape index (κ3) is 4.15. The fourth-order valence-corrected chi connectivity index (χ4v) is 2.06. The molecule has 1 amide bonds. The van der Waals surface area contributed by atoms with Gasteiger partial charge in [0.1, 0.15) is 5.82 Å². The van der Waals surface area contributed by atoms with Gasteiger partial charge in [0.2, 0.25) is 5.91 Å². The molecule has 22 heavy (non-hydrogen) atoms. The summed E-state index contributed by atoms with van der Waals surface area (Å²) in [4.78, 5) is 18.8. The van der Waals surface area contributed by atoms with E-state index in [1.165, 1.54) is 0 Å². The number of carbonyl (C=O) groups is 1. The molecular formula is C18H22N2O2. The lowest BCUT2D eigenvalue weighted by atomic mass is 10.1. The largest absolute Gasteiger partial charge is 0.378 e. The Labute approximate surface area is 131 Å². The summed E-state index contributed by atoms with van der Waals surface area (Å²) in [6, 6.07) is 15.1. The van der Waals surface area contributed by atoms with E-state index in [4.69, 9.17) is 4.74 Å². The topological polar surface area (TPSA) is 42.4 Å². The van der Waals surface area contributed by atoms with Crippen LogP contribution in [0.4, 0.5) is 11.5 Å². The number of hydrogen-bond donors (Lipinski definition) is 0. The van der Waals surface area contributed by atoms with E-state index in [2.05, 4.69) is 4.98 Å². The molecule has 1 aromatic heterocycles. The first-order valence-electron chi connectivity index (χ1n) is 7.51. The number of hydrogen-bond acceptors (Lipinski definition) is 3. The van der Waals surface area contributed by atoms with Crippen molar-refractivity contribution in [3.05, 3.63) is 54.7 Å². The third-order valence-corrected chi connectivity index (χ3v) is 3.21. The van der Waals surface area contributed by atoms with Crippen LogP contribution in [0.3, 0.4) is 0 Å². The predicted molar refractivity (Wildman–Crippen MR) is 88.1 cm³/mol. The molecule has 4 heteroatoms. The fraction of sp³-hybridized carbons (Fsp3) is 0.333. The second-order valence-corrected chi connectivity index (χ2v) is 5.48. The van der Waals surface area contributed by atoms with E-state index >= 15 is 0 Å². The monoisotopic (exact) mass is 298 g/mol. The van der Waals surface area contributed by atoms with Gasteiger partial charge < -0.3 is 4.74 Å². The molecule has 0 N–H and O–H groups in total. The Morgan fingerprint density at radius 2 is 1.77 bits per heavy atom. The second-order valence-electron chi connectivity index (χ2n) is 5.48. The van der Waals surface area contributed by atoms with Gasteiger partial charge in [0.15, 0.2) is 0 Å². The number of pyridine rings is 1. The molecule has 1 heterocycles. The molecule has 0 aliphatic carbocycles. The molecule has 0 fully saturated rings. The van der Waals surface area contributed by atoms with Crippen molar-refractivity contribution in [2.75, 3.05) is 11.5 Å². The number of ether oxygens (including phenoxy) is 1. The van der Waals surface area contributed by atoms with Crippen LogP contribution in [0, 0.1) is 5.92 Å². The van der Waals surface area contributed by atoms with Crippen molar-refractivity contribution in [1.82, 2.24) is 4.98 Å². The van der Waals surface area contributed by atoms with Crippen molar-refractivity contribution in [3.63, 3.8) is 0 Å². The number of anilines is 2. The maximum atomic E-state index is 12.9. The average Bonchev–Trinajstić information content (AvgIpc) is 2.54. The zero-order valence-corrected chi connectivity index (χ0v) is 13.3. The molecule has 2 rings (SSSR count). The van der Waals surface area contributed by atoms with Crippen molar-refractivity contribution in [3.8, 4) is 0 Å². The van der Waals surface area contributed by atoms with Crippen molar-refractivity contribution in [1.29, 1.82) is 0 Å². The van der Waals surface area contributed by atoms with E-state index < -0.39 is 0 Å². The molecule has 2 aromatic rings. The van der Waals surface area contributed by atoms with Gasteiger partial charge in [-0.25, -0.2) is 4.98 Å². The zero-order valence-electron chi connectivity index (χ0n) is 13.3. The Bertz CT molecular complexity index is 545. The molecule has 0 saturated heterocycles. The Balaban J connectivity index is 2.27. The Morgan fingerprint density at radius 1 is 1.09 bits per heavy atom. The van der Waals surface area contributed by atoms with Gasteiger partial charge in [0.05, 0.1) is 24.3 Å². The molecule has 1 aromatic carbocycles. The summed E-state index contributed by atoms with van der Waals surface area (Å²) in [5, 5.41) is 0. The lowest BCUT2D eigenvalue weighted by Crippen LogP contribution is -2.34. The minimum absolute atomic E-state index is 0.0226. The van der Waals surface area contributed by atoms with Gasteiger partial charge in [-0.1, -0.05) is 31.2 Å². The lowest BCUT2D eigenvalue weighted by molar-refractivity contribution is -0.123. The highest BCUT2D eigenvalue weighted by Gasteiger charge is 2.24. The summed E-state index contributed by atoms with van der Waals surface area (Å²) < 4.78 is 5.58. The first-order valence-corrected chi connectivity index (χ1v) is 7.51. The van der Waals surface area contributed by atoms with Gasteiger partial charge >= 0.3 is 0 Å². The summed E-state index contributed by atoms with van der Waals surface area (Å²) in [5.74, 6) is 0.352. The van der Waals surface area contributed by atoms with Crippen LogP contribution in [0.15, 0.2) is 54.7 Å². The van der Waals surface area contributed by atoms with Crippen molar-refractivity contribution < 1.29 is 9.53 Å². The molecule has 0 aliphatic rings. The van der Waals surface area contributed by atoms with E-state index in [-0.39, 0.29) is 17.9 Å². The Kier molecular flexibility index (Phi) is 5.67. The number of benzene rings is 1. The fourth-order valence-electron chi connectivity index (χ4n) is 2.06. The second kappa shape index (κ2) is 7.71. The van der Waals surface area contributed by atoms with Gasteiger partial charge in [-0.2, -0.15) is 0 Å². The van der Waals surface area contributed by atoms with E-state index in [0.717, 1.165) is 5.69 Å². The molecule has 0 spiro atoms. The smallest absolute Gasteiger partial charge is 0.237 e.